The first-order valence-corrected chi connectivity index (χ1v) is 11.0. The number of hydrogen-bond donors (Lipinski definition) is 1. The molecule has 1 amide bonds. The lowest BCUT2D eigenvalue weighted by atomic mass is 10.1. The molecule has 4 rings (SSSR count). The molecule has 0 spiro atoms. The number of para-hydroxylation sites is 1. The lowest BCUT2D eigenvalue weighted by molar-refractivity contribution is -0.116. The molecule has 5 nitrogen and oxygen atoms in total. The van der Waals surface area contributed by atoms with Gasteiger partial charge in [0.15, 0.2) is 0 Å². The SMILES string of the molecule is CCc1nn(-c2ccccc2)c(Oc2cccc(C)c2)c1CCC(=O)Nc1ccc(F)cc1. The summed E-state index contributed by atoms with van der Waals surface area (Å²) in [6.07, 6.45) is 1.41. The largest absolute Gasteiger partial charge is 0.439 e. The number of hydrogen-bond acceptors (Lipinski definition) is 3. The maximum Gasteiger partial charge on any atom is 0.226 e. The predicted molar refractivity (Wildman–Crippen MR) is 128 cm³/mol. The van der Waals surface area contributed by atoms with Crippen LogP contribution < -0.4 is 10.1 Å². The molecule has 33 heavy (non-hydrogen) atoms. The summed E-state index contributed by atoms with van der Waals surface area (Å²) in [5.74, 6) is 0.828. The first-order valence-electron chi connectivity index (χ1n) is 11.0. The number of anilines is 1. The van der Waals surface area contributed by atoms with Gasteiger partial charge >= 0.3 is 0 Å². The molecule has 0 aliphatic rings. The Morgan fingerprint density at radius 3 is 2.48 bits per heavy atom. The third-order valence-corrected chi connectivity index (χ3v) is 5.29. The Balaban J connectivity index is 1.63. The van der Waals surface area contributed by atoms with E-state index in [-0.39, 0.29) is 18.1 Å². The predicted octanol–water partition coefficient (Wildman–Crippen LogP) is 6.25. The third-order valence-electron chi connectivity index (χ3n) is 5.29. The molecule has 1 heterocycles. The van der Waals surface area contributed by atoms with Crippen LogP contribution in [-0.4, -0.2) is 15.7 Å². The van der Waals surface area contributed by atoms with E-state index in [1.807, 2.05) is 68.4 Å². The lowest BCUT2D eigenvalue weighted by Gasteiger charge is -2.12. The molecule has 3 aromatic carbocycles. The fourth-order valence-electron chi connectivity index (χ4n) is 3.65. The van der Waals surface area contributed by atoms with Crippen LogP contribution >= 0.6 is 0 Å². The molecule has 0 atom stereocenters. The number of carbonyl (C=O) groups excluding carboxylic acids is 1. The highest BCUT2D eigenvalue weighted by Crippen LogP contribution is 2.32. The quantitative estimate of drug-likeness (QED) is 0.350. The summed E-state index contributed by atoms with van der Waals surface area (Å²) >= 11 is 0. The number of nitrogens with one attached hydrogen (secondary N) is 1. The summed E-state index contributed by atoms with van der Waals surface area (Å²) in [6.45, 7) is 4.05. The minimum Gasteiger partial charge on any atom is -0.439 e. The average Bonchev–Trinajstić information content (AvgIpc) is 3.17. The smallest absolute Gasteiger partial charge is 0.226 e. The van der Waals surface area contributed by atoms with Crippen molar-refractivity contribution < 1.29 is 13.9 Å². The summed E-state index contributed by atoms with van der Waals surface area (Å²) in [7, 11) is 0. The first kappa shape index (κ1) is 22.3. The minimum atomic E-state index is -0.341. The zero-order valence-corrected chi connectivity index (χ0v) is 18.7. The molecule has 0 radical (unpaired) electrons. The molecule has 0 saturated carbocycles. The van der Waals surface area contributed by atoms with Gasteiger partial charge in [-0.25, -0.2) is 9.07 Å². The zero-order valence-electron chi connectivity index (χ0n) is 18.7. The van der Waals surface area contributed by atoms with Crippen LogP contribution in [0, 0.1) is 12.7 Å². The molecule has 168 valence electrons. The van der Waals surface area contributed by atoms with Crippen molar-refractivity contribution in [1.29, 1.82) is 0 Å². The van der Waals surface area contributed by atoms with Crippen molar-refractivity contribution in [3.05, 3.63) is 102 Å². The van der Waals surface area contributed by atoms with E-state index < -0.39 is 0 Å². The fraction of sp³-hybridized carbons (Fsp3) is 0.185. The Bertz CT molecular complexity index is 1230. The standard InChI is InChI=1S/C27H26FN3O2/c1-3-25-24(16-17-26(32)29-21-14-12-20(28)13-15-21)27(33-23-11-7-8-19(2)18-23)31(30-25)22-9-5-4-6-10-22/h4-15,18H,3,16-17H2,1-2H3,(H,29,32). The van der Waals surface area contributed by atoms with Crippen molar-refractivity contribution in [3.63, 3.8) is 0 Å². The highest BCUT2D eigenvalue weighted by molar-refractivity contribution is 5.90. The molecule has 0 unspecified atom stereocenters. The number of halogens is 1. The van der Waals surface area contributed by atoms with Gasteiger partial charge in [0.05, 0.1) is 11.4 Å². The van der Waals surface area contributed by atoms with Gasteiger partial charge in [-0.2, -0.15) is 5.10 Å². The van der Waals surface area contributed by atoms with Gasteiger partial charge in [0.2, 0.25) is 11.8 Å². The Kier molecular flexibility index (Phi) is 6.83. The van der Waals surface area contributed by atoms with Crippen LogP contribution in [-0.2, 0) is 17.6 Å². The number of carbonyl (C=O) groups is 1. The highest BCUT2D eigenvalue weighted by atomic mass is 19.1. The van der Waals surface area contributed by atoms with Gasteiger partial charge in [-0.1, -0.05) is 37.3 Å². The number of aryl methyl sites for hydroxylation is 2. The van der Waals surface area contributed by atoms with Crippen LogP contribution in [0.5, 0.6) is 11.6 Å². The van der Waals surface area contributed by atoms with Gasteiger partial charge < -0.3 is 10.1 Å². The van der Waals surface area contributed by atoms with Crippen LogP contribution in [0.4, 0.5) is 10.1 Å². The minimum absolute atomic E-state index is 0.155. The van der Waals surface area contributed by atoms with Crippen molar-refractivity contribution in [1.82, 2.24) is 9.78 Å². The second-order valence-electron chi connectivity index (χ2n) is 7.80. The van der Waals surface area contributed by atoms with E-state index in [1.54, 1.807) is 16.8 Å². The summed E-state index contributed by atoms with van der Waals surface area (Å²) in [5, 5.41) is 7.63. The molecule has 0 saturated heterocycles. The highest BCUT2D eigenvalue weighted by Gasteiger charge is 2.21. The van der Waals surface area contributed by atoms with E-state index >= 15 is 0 Å². The molecule has 4 aromatic rings. The van der Waals surface area contributed by atoms with Crippen molar-refractivity contribution in [3.8, 4) is 17.3 Å². The monoisotopic (exact) mass is 443 g/mol. The number of aromatic nitrogens is 2. The summed E-state index contributed by atoms with van der Waals surface area (Å²) in [6, 6.07) is 23.4. The maximum atomic E-state index is 13.1. The zero-order chi connectivity index (χ0) is 23.2. The first-order chi connectivity index (χ1) is 16.0. The van der Waals surface area contributed by atoms with Crippen LogP contribution in [0.2, 0.25) is 0 Å². The van der Waals surface area contributed by atoms with E-state index in [1.165, 1.54) is 12.1 Å². The Morgan fingerprint density at radius 2 is 1.79 bits per heavy atom. The van der Waals surface area contributed by atoms with E-state index in [4.69, 9.17) is 9.84 Å². The Morgan fingerprint density at radius 1 is 1.03 bits per heavy atom. The Hall–Kier alpha value is -3.93. The second kappa shape index (κ2) is 10.1. The van der Waals surface area contributed by atoms with Crippen LogP contribution in [0.15, 0.2) is 78.9 Å². The van der Waals surface area contributed by atoms with Gasteiger partial charge in [-0.15, -0.1) is 0 Å². The second-order valence-corrected chi connectivity index (χ2v) is 7.80. The molecule has 0 bridgehead atoms. The lowest BCUT2D eigenvalue weighted by Crippen LogP contribution is -2.12. The Labute approximate surface area is 192 Å². The summed E-state index contributed by atoms with van der Waals surface area (Å²) in [4.78, 5) is 12.6. The van der Waals surface area contributed by atoms with Gasteiger partial charge in [-0.05, 0) is 73.9 Å². The van der Waals surface area contributed by atoms with E-state index in [0.29, 0.717) is 30.2 Å². The molecular formula is C27H26FN3O2. The molecule has 1 aromatic heterocycles. The fourth-order valence-corrected chi connectivity index (χ4v) is 3.65. The normalized spacial score (nSPS) is 10.8. The number of rotatable bonds is 8. The van der Waals surface area contributed by atoms with Crippen LogP contribution in [0.1, 0.15) is 30.2 Å². The molecule has 6 heteroatoms. The summed E-state index contributed by atoms with van der Waals surface area (Å²) < 4.78 is 21.3. The van der Waals surface area contributed by atoms with Gasteiger partial charge in [0, 0.05) is 17.7 Å². The molecule has 0 aliphatic heterocycles. The van der Waals surface area contributed by atoms with Gasteiger partial charge in [0.25, 0.3) is 0 Å². The van der Waals surface area contributed by atoms with E-state index in [2.05, 4.69) is 5.32 Å². The average molecular weight is 444 g/mol. The van der Waals surface area contributed by atoms with Crippen molar-refractivity contribution >= 4 is 11.6 Å². The van der Waals surface area contributed by atoms with Crippen molar-refractivity contribution in [2.24, 2.45) is 0 Å². The number of ether oxygens (including phenoxy) is 1. The van der Waals surface area contributed by atoms with Crippen LogP contribution in [0.3, 0.4) is 0 Å². The molecule has 1 N–H and O–H groups in total. The third kappa shape index (κ3) is 5.47. The molecule has 0 aliphatic carbocycles. The van der Waals surface area contributed by atoms with Crippen molar-refractivity contribution in [2.45, 2.75) is 33.1 Å². The van der Waals surface area contributed by atoms with Crippen LogP contribution in [0.25, 0.3) is 5.69 Å². The number of amides is 1. The molecular weight excluding hydrogens is 417 g/mol. The van der Waals surface area contributed by atoms with Crippen molar-refractivity contribution in [2.75, 3.05) is 5.32 Å². The van der Waals surface area contributed by atoms with E-state index in [0.717, 1.165) is 22.5 Å². The maximum absolute atomic E-state index is 13.1. The topological polar surface area (TPSA) is 56.2 Å². The van der Waals surface area contributed by atoms with Gasteiger partial charge in [-0.3, -0.25) is 4.79 Å². The number of benzene rings is 3. The summed E-state index contributed by atoms with van der Waals surface area (Å²) in [5.41, 5.74) is 4.33. The number of nitrogens with zero attached hydrogens (tertiary/aromatic N) is 2. The van der Waals surface area contributed by atoms with E-state index in [9.17, 15) is 9.18 Å². The van der Waals surface area contributed by atoms with Gasteiger partial charge in [0.1, 0.15) is 11.6 Å². The molecule has 0 fully saturated rings.